The molecule has 124 valence electrons. The molecule has 3 rings (SSSR count). The number of anilines is 1. The molecule has 23 heavy (non-hydrogen) atoms. The number of hydrogen-bond acceptors (Lipinski definition) is 5. The van der Waals surface area contributed by atoms with E-state index in [1.807, 2.05) is 6.07 Å². The second-order valence-electron chi connectivity index (χ2n) is 6.17. The number of amides is 1. The van der Waals surface area contributed by atoms with Crippen molar-refractivity contribution < 1.29 is 14.5 Å². The Hall–Kier alpha value is -2.15. The third kappa shape index (κ3) is 2.88. The molecule has 1 amide bonds. The Morgan fingerprint density at radius 3 is 2.65 bits per heavy atom. The zero-order chi connectivity index (χ0) is 16.6. The Labute approximate surface area is 134 Å². The standard InChI is InChI=1S/C16H21N3O4/c1-18(16(20)10-3-4-10)13-6-5-12(11-7-8-17-9-11)15(23-2)14(13)19(21)22/h5-6,10-11,17H,3-4,7-9H2,1-2H3. The van der Waals surface area contributed by atoms with Gasteiger partial charge in [0, 0.05) is 31.0 Å². The van der Waals surface area contributed by atoms with E-state index in [0.717, 1.165) is 37.9 Å². The zero-order valence-electron chi connectivity index (χ0n) is 13.4. The topological polar surface area (TPSA) is 84.7 Å². The molecule has 0 bridgehead atoms. The molecule has 1 aliphatic heterocycles. The quantitative estimate of drug-likeness (QED) is 0.663. The molecule has 1 unspecified atom stereocenters. The van der Waals surface area contributed by atoms with Gasteiger partial charge in [0.05, 0.1) is 12.0 Å². The molecule has 7 heteroatoms. The summed E-state index contributed by atoms with van der Waals surface area (Å²) in [5.74, 6) is 0.411. The fraction of sp³-hybridized carbons (Fsp3) is 0.562. The van der Waals surface area contributed by atoms with Gasteiger partial charge in [0.1, 0.15) is 5.69 Å². The van der Waals surface area contributed by atoms with Crippen LogP contribution in [0.15, 0.2) is 12.1 Å². The van der Waals surface area contributed by atoms with Gasteiger partial charge in [-0.25, -0.2) is 0 Å². The summed E-state index contributed by atoms with van der Waals surface area (Å²) < 4.78 is 5.39. The van der Waals surface area contributed by atoms with Crippen molar-refractivity contribution in [2.45, 2.75) is 25.2 Å². The van der Waals surface area contributed by atoms with Gasteiger partial charge in [0.2, 0.25) is 11.7 Å². The molecule has 1 aliphatic carbocycles. The van der Waals surface area contributed by atoms with Gasteiger partial charge in [-0.3, -0.25) is 14.9 Å². The predicted octanol–water partition coefficient (Wildman–Crippen LogP) is 2.05. The number of carbonyl (C=O) groups is 1. The van der Waals surface area contributed by atoms with Gasteiger partial charge < -0.3 is 15.0 Å². The molecule has 1 aromatic rings. The summed E-state index contributed by atoms with van der Waals surface area (Å²) in [7, 11) is 3.04. The van der Waals surface area contributed by atoms with E-state index in [1.54, 1.807) is 13.1 Å². The number of rotatable bonds is 5. The van der Waals surface area contributed by atoms with Crippen LogP contribution < -0.4 is 15.0 Å². The van der Waals surface area contributed by atoms with Crippen molar-refractivity contribution in [3.05, 3.63) is 27.8 Å². The van der Waals surface area contributed by atoms with E-state index in [1.165, 1.54) is 12.0 Å². The van der Waals surface area contributed by atoms with Gasteiger partial charge in [-0.1, -0.05) is 6.07 Å². The lowest BCUT2D eigenvalue weighted by Gasteiger charge is -2.21. The molecule has 0 aromatic heterocycles. The van der Waals surface area contributed by atoms with Gasteiger partial charge in [-0.15, -0.1) is 0 Å². The minimum Gasteiger partial charge on any atom is -0.490 e. The monoisotopic (exact) mass is 319 g/mol. The second kappa shape index (κ2) is 6.16. The fourth-order valence-electron chi connectivity index (χ4n) is 3.20. The van der Waals surface area contributed by atoms with Crippen LogP contribution in [0.2, 0.25) is 0 Å². The summed E-state index contributed by atoms with van der Waals surface area (Å²) in [6.07, 6.45) is 2.64. The Morgan fingerprint density at radius 2 is 2.13 bits per heavy atom. The van der Waals surface area contributed by atoms with Crippen molar-refractivity contribution in [1.82, 2.24) is 5.32 Å². The van der Waals surface area contributed by atoms with Crippen molar-refractivity contribution >= 4 is 17.3 Å². The number of hydrogen-bond donors (Lipinski definition) is 1. The maximum Gasteiger partial charge on any atom is 0.334 e. The molecule has 1 atom stereocenters. The third-order valence-corrected chi connectivity index (χ3v) is 4.65. The molecule has 2 aliphatic rings. The van der Waals surface area contributed by atoms with Crippen LogP contribution in [-0.2, 0) is 4.79 Å². The first-order valence-corrected chi connectivity index (χ1v) is 7.88. The van der Waals surface area contributed by atoms with E-state index in [-0.39, 0.29) is 29.2 Å². The van der Waals surface area contributed by atoms with Crippen LogP contribution >= 0.6 is 0 Å². The molecule has 1 N–H and O–H groups in total. The van der Waals surface area contributed by atoms with Crippen molar-refractivity contribution in [1.29, 1.82) is 0 Å². The molecule has 0 spiro atoms. The van der Waals surface area contributed by atoms with E-state index >= 15 is 0 Å². The smallest absolute Gasteiger partial charge is 0.334 e. The van der Waals surface area contributed by atoms with E-state index < -0.39 is 4.92 Å². The summed E-state index contributed by atoms with van der Waals surface area (Å²) in [5, 5.41) is 14.9. The minimum absolute atomic E-state index is 0.00399. The molecule has 0 radical (unpaired) electrons. The van der Waals surface area contributed by atoms with Gasteiger partial charge in [-0.2, -0.15) is 0 Å². The fourth-order valence-corrected chi connectivity index (χ4v) is 3.20. The lowest BCUT2D eigenvalue weighted by Crippen LogP contribution is -2.28. The SMILES string of the molecule is COc1c(C2CCNC2)ccc(N(C)C(=O)C2CC2)c1[N+](=O)[O-]. The molecular weight excluding hydrogens is 298 g/mol. The summed E-state index contributed by atoms with van der Waals surface area (Å²) >= 11 is 0. The van der Waals surface area contributed by atoms with Gasteiger partial charge in [0.15, 0.2) is 0 Å². The summed E-state index contributed by atoms with van der Waals surface area (Å²) in [6.45, 7) is 1.67. The molecule has 1 aromatic carbocycles. The number of benzene rings is 1. The molecular formula is C16H21N3O4. The first-order valence-electron chi connectivity index (χ1n) is 7.88. The highest BCUT2D eigenvalue weighted by Gasteiger charge is 2.37. The van der Waals surface area contributed by atoms with Crippen LogP contribution in [0.25, 0.3) is 0 Å². The minimum atomic E-state index is -0.448. The highest BCUT2D eigenvalue weighted by atomic mass is 16.6. The van der Waals surface area contributed by atoms with Crippen LogP contribution in [0.4, 0.5) is 11.4 Å². The third-order valence-electron chi connectivity index (χ3n) is 4.65. The van der Waals surface area contributed by atoms with Crippen molar-refractivity contribution in [3.63, 3.8) is 0 Å². The zero-order valence-corrected chi connectivity index (χ0v) is 13.4. The molecule has 2 fully saturated rings. The van der Waals surface area contributed by atoms with Crippen LogP contribution in [0.1, 0.15) is 30.7 Å². The maximum absolute atomic E-state index is 12.3. The van der Waals surface area contributed by atoms with Crippen LogP contribution in [0.5, 0.6) is 5.75 Å². The van der Waals surface area contributed by atoms with Crippen molar-refractivity contribution in [2.24, 2.45) is 5.92 Å². The summed E-state index contributed by atoms with van der Waals surface area (Å²) in [4.78, 5) is 24.9. The normalized spacial score (nSPS) is 20.3. The van der Waals surface area contributed by atoms with Crippen LogP contribution in [0, 0.1) is 16.0 Å². The lowest BCUT2D eigenvalue weighted by atomic mass is 9.96. The van der Waals surface area contributed by atoms with E-state index in [4.69, 9.17) is 4.74 Å². The Balaban J connectivity index is 2.05. The lowest BCUT2D eigenvalue weighted by molar-refractivity contribution is -0.385. The number of nitro benzene ring substituents is 1. The summed E-state index contributed by atoms with van der Waals surface area (Å²) in [6, 6.07) is 3.53. The highest BCUT2D eigenvalue weighted by Crippen LogP contribution is 2.44. The van der Waals surface area contributed by atoms with Gasteiger partial charge in [0.25, 0.3) is 0 Å². The van der Waals surface area contributed by atoms with Gasteiger partial charge >= 0.3 is 5.69 Å². The number of methoxy groups -OCH3 is 1. The predicted molar refractivity (Wildman–Crippen MR) is 86.0 cm³/mol. The molecule has 1 heterocycles. The van der Waals surface area contributed by atoms with Crippen LogP contribution in [0.3, 0.4) is 0 Å². The van der Waals surface area contributed by atoms with Crippen molar-refractivity contribution in [2.75, 3.05) is 32.1 Å². The highest BCUT2D eigenvalue weighted by molar-refractivity contribution is 5.98. The average Bonchev–Trinajstić information content (AvgIpc) is 3.26. The molecule has 7 nitrogen and oxygen atoms in total. The molecule has 1 saturated carbocycles. The van der Waals surface area contributed by atoms with E-state index in [2.05, 4.69) is 5.32 Å². The van der Waals surface area contributed by atoms with Gasteiger partial charge in [-0.05, 0) is 31.9 Å². The number of nitro groups is 1. The van der Waals surface area contributed by atoms with Crippen LogP contribution in [-0.4, -0.2) is 38.1 Å². The largest absolute Gasteiger partial charge is 0.490 e. The number of ether oxygens (including phenoxy) is 1. The Bertz CT molecular complexity index is 636. The number of nitrogens with one attached hydrogen (secondary N) is 1. The summed E-state index contributed by atoms with van der Waals surface area (Å²) in [5.41, 5.74) is 1.02. The Morgan fingerprint density at radius 1 is 1.39 bits per heavy atom. The van der Waals surface area contributed by atoms with Crippen molar-refractivity contribution in [3.8, 4) is 5.75 Å². The van der Waals surface area contributed by atoms with E-state index in [0.29, 0.717) is 5.69 Å². The average molecular weight is 319 g/mol. The second-order valence-corrected chi connectivity index (χ2v) is 6.17. The maximum atomic E-state index is 12.3. The number of nitrogens with zero attached hydrogens (tertiary/aromatic N) is 2. The number of carbonyl (C=O) groups excluding carboxylic acids is 1. The van der Waals surface area contributed by atoms with E-state index in [9.17, 15) is 14.9 Å². The Kier molecular flexibility index (Phi) is 4.21. The first-order chi connectivity index (χ1) is 11.0. The first kappa shape index (κ1) is 15.7. The molecule has 1 saturated heterocycles.